The molecule has 2 fully saturated rings. The Bertz CT molecular complexity index is 317. The molecule has 17 heavy (non-hydrogen) atoms. The van der Waals surface area contributed by atoms with Crippen molar-refractivity contribution in [2.75, 3.05) is 33.9 Å². The number of carbonyl (C=O) groups is 2. The molecule has 0 aromatic rings. The molecule has 2 rings (SSSR count). The average molecular weight is 242 g/mol. The molecule has 6 nitrogen and oxygen atoms in total. The predicted molar refractivity (Wildman–Crippen MR) is 59.1 cm³/mol. The van der Waals surface area contributed by atoms with Crippen LogP contribution in [-0.2, 0) is 19.1 Å². The fraction of sp³-hybridized carbons (Fsp3) is 0.818. The lowest BCUT2D eigenvalue weighted by Crippen LogP contribution is -2.58. The number of ether oxygens (including phenoxy) is 2. The Morgan fingerprint density at radius 3 is 2.71 bits per heavy atom. The largest absolute Gasteiger partial charge is 0.354 e. The van der Waals surface area contributed by atoms with Crippen molar-refractivity contribution in [3.8, 4) is 0 Å². The van der Waals surface area contributed by atoms with Gasteiger partial charge in [-0.3, -0.25) is 9.59 Å². The molecule has 0 aromatic heterocycles. The van der Waals surface area contributed by atoms with E-state index in [-0.39, 0.29) is 24.4 Å². The molecule has 2 heterocycles. The second-order valence-electron chi connectivity index (χ2n) is 4.36. The van der Waals surface area contributed by atoms with Gasteiger partial charge in [-0.1, -0.05) is 0 Å². The van der Waals surface area contributed by atoms with Gasteiger partial charge in [0.25, 0.3) is 0 Å². The minimum absolute atomic E-state index is 0.0150. The van der Waals surface area contributed by atoms with Gasteiger partial charge in [0.05, 0.1) is 6.54 Å². The maximum atomic E-state index is 12.1. The molecule has 0 spiro atoms. The van der Waals surface area contributed by atoms with E-state index in [1.54, 1.807) is 4.90 Å². The SMILES string of the molecule is COC(CN1CC(=O)N2CCCC2C1=O)OC. The van der Waals surface area contributed by atoms with E-state index in [2.05, 4.69) is 0 Å². The van der Waals surface area contributed by atoms with Gasteiger partial charge in [0.2, 0.25) is 11.8 Å². The minimum atomic E-state index is -0.472. The lowest BCUT2D eigenvalue weighted by Gasteiger charge is -2.37. The van der Waals surface area contributed by atoms with Gasteiger partial charge in [-0.15, -0.1) is 0 Å². The van der Waals surface area contributed by atoms with Crippen LogP contribution in [0.4, 0.5) is 0 Å². The molecule has 0 bridgehead atoms. The minimum Gasteiger partial charge on any atom is -0.354 e. The fourth-order valence-electron chi connectivity index (χ4n) is 2.44. The van der Waals surface area contributed by atoms with Crippen LogP contribution in [0.1, 0.15) is 12.8 Å². The topological polar surface area (TPSA) is 59.1 Å². The van der Waals surface area contributed by atoms with Crippen molar-refractivity contribution in [1.82, 2.24) is 9.80 Å². The van der Waals surface area contributed by atoms with Gasteiger partial charge in [0.1, 0.15) is 12.6 Å². The van der Waals surface area contributed by atoms with Crippen LogP contribution in [0.3, 0.4) is 0 Å². The van der Waals surface area contributed by atoms with Crippen molar-refractivity contribution >= 4 is 11.8 Å². The normalized spacial score (nSPS) is 24.8. The van der Waals surface area contributed by atoms with Gasteiger partial charge in [0.15, 0.2) is 6.29 Å². The van der Waals surface area contributed by atoms with Crippen molar-refractivity contribution in [2.45, 2.75) is 25.2 Å². The summed E-state index contributed by atoms with van der Waals surface area (Å²) in [5.74, 6) is 0.0410. The third-order valence-electron chi connectivity index (χ3n) is 3.39. The summed E-state index contributed by atoms with van der Waals surface area (Å²) in [6.07, 6.45) is 1.21. The first-order valence-electron chi connectivity index (χ1n) is 5.81. The molecule has 2 aliphatic heterocycles. The maximum Gasteiger partial charge on any atom is 0.246 e. The molecular weight excluding hydrogens is 224 g/mol. The highest BCUT2D eigenvalue weighted by atomic mass is 16.7. The second-order valence-corrected chi connectivity index (χ2v) is 4.36. The van der Waals surface area contributed by atoms with Crippen molar-refractivity contribution in [3.05, 3.63) is 0 Å². The average Bonchev–Trinajstić information content (AvgIpc) is 2.81. The summed E-state index contributed by atoms with van der Waals surface area (Å²) in [6, 6.07) is -0.259. The number of rotatable bonds is 4. The van der Waals surface area contributed by atoms with Crippen molar-refractivity contribution < 1.29 is 19.1 Å². The summed E-state index contributed by atoms with van der Waals surface area (Å²) in [6.45, 7) is 1.15. The number of carbonyl (C=O) groups excluding carboxylic acids is 2. The van der Waals surface area contributed by atoms with E-state index in [1.807, 2.05) is 0 Å². The van der Waals surface area contributed by atoms with Gasteiger partial charge >= 0.3 is 0 Å². The van der Waals surface area contributed by atoms with Crippen molar-refractivity contribution in [2.24, 2.45) is 0 Å². The summed E-state index contributed by atoms with van der Waals surface area (Å²) < 4.78 is 10.1. The Labute approximate surface area is 100 Å². The highest BCUT2D eigenvalue weighted by Gasteiger charge is 2.42. The fourth-order valence-corrected chi connectivity index (χ4v) is 2.44. The molecular formula is C11H18N2O4. The number of amides is 2. The lowest BCUT2D eigenvalue weighted by atomic mass is 10.1. The number of piperazine rings is 1. The Morgan fingerprint density at radius 1 is 1.35 bits per heavy atom. The Morgan fingerprint density at radius 2 is 2.06 bits per heavy atom. The van der Waals surface area contributed by atoms with Crippen LogP contribution >= 0.6 is 0 Å². The summed E-state index contributed by atoms with van der Waals surface area (Å²) >= 11 is 0. The molecule has 96 valence electrons. The molecule has 2 aliphatic rings. The van der Waals surface area contributed by atoms with Gasteiger partial charge in [-0.05, 0) is 12.8 Å². The van der Waals surface area contributed by atoms with Gasteiger partial charge in [-0.25, -0.2) is 0 Å². The Kier molecular flexibility index (Phi) is 3.63. The molecule has 6 heteroatoms. The van der Waals surface area contributed by atoms with E-state index in [1.165, 1.54) is 19.1 Å². The highest BCUT2D eigenvalue weighted by molar-refractivity contribution is 5.95. The van der Waals surface area contributed by atoms with E-state index in [4.69, 9.17) is 9.47 Å². The van der Waals surface area contributed by atoms with E-state index in [0.29, 0.717) is 13.1 Å². The molecule has 0 saturated carbocycles. The molecule has 0 N–H and O–H groups in total. The van der Waals surface area contributed by atoms with E-state index < -0.39 is 6.29 Å². The third kappa shape index (κ3) is 2.28. The number of nitrogens with zero attached hydrogens (tertiary/aromatic N) is 2. The van der Waals surface area contributed by atoms with E-state index >= 15 is 0 Å². The first kappa shape index (κ1) is 12.3. The van der Waals surface area contributed by atoms with Gasteiger partial charge in [-0.2, -0.15) is 0 Å². The van der Waals surface area contributed by atoms with E-state index in [9.17, 15) is 9.59 Å². The van der Waals surface area contributed by atoms with Crippen LogP contribution < -0.4 is 0 Å². The summed E-state index contributed by atoms with van der Waals surface area (Å²) in [4.78, 5) is 27.2. The third-order valence-corrected chi connectivity index (χ3v) is 3.39. The predicted octanol–water partition coefficient (Wildman–Crippen LogP) is -0.561. The molecule has 2 amide bonds. The van der Waals surface area contributed by atoms with Crippen LogP contribution in [0.25, 0.3) is 0 Å². The van der Waals surface area contributed by atoms with Crippen LogP contribution in [0.2, 0.25) is 0 Å². The molecule has 0 aliphatic carbocycles. The van der Waals surface area contributed by atoms with Crippen molar-refractivity contribution in [1.29, 1.82) is 0 Å². The van der Waals surface area contributed by atoms with Crippen LogP contribution in [0, 0.1) is 0 Å². The van der Waals surface area contributed by atoms with Gasteiger partial charge in [0, 0.05) is 20.8 Å². The standard InChI is InChI=1S/C11H18N2O4/c1-16-10(17-2)7-12-6-9(14)13-5-3-4-8(13)11(12)15/h8,10H,3-7H2,1-2H3. The zero-order valence-electron chi connectivity index (χ0n) is 10.2. The number of hydrogen-bond donors (Lipinski definition) is 0. The van der Waals surface area contributed by atoms with Crippen LogP contribution in [0.5, 0.6) is 0 Å². The second kappa shape index (κ2) is 5.01. The number of fused-ring (bicyclic) bond motifs is 1. The molecule has 1 atom stereocenters. The summed E-state index contributed by atoms with van der Waals surface area (Å²) in [5, 5.41) is 0. The Hall–Kier alpha value is -1.14. The summed E-state index contributed by atoms with van der Waals surface area (Å²) in [7, 11) is 3.04. The molecule has 0 radical (unpaired) electrons. The molecule has 2 saturated heterocycles. The van der Waals surface area contributed by atoms with Crippen LogP contribution in [-0.4, -0.2) is 67.8 Å². The zero-order valence-corrected chi connectivity index (χ0v) is 10.2. The molecule has 0 aromatic carbocycles. The van der Waals surface area contributed by atoms with Gasteiger partial charge < -0.3 is 19.3 Å². The highest BCUT2D eigenvalue weighted by Crippen LogP contribution is 2.23. The smallest absolute Gasteiger partial charge is 0.246 e. The van der Waals surface area contributed by atoms with E-state index in [0.717, 1.165) is 12.8 Å². The quantitative estimate of drug-likeness (QED) is 0.620. The zero-order chi connectivity index (χ0) is 12.4. The number of methoxy groups -OCH3 is 2. The Balaban J connectivity index is 2.04. The van der Waals surface area contributed by atoms with Crippen LogP contribution in [0.15, 0.2) is 0 Å². The maximum absolute atomic E-state index is 12.1. The molecule has 1 unspecified atom stereocenters. The summed E-state index contributed by atoms with van der Waals surface area (Å²) in [5.41, 5.74) is 0. The first-order valence-corrected chi connectivity index (χ1v) is 5.81. The van der Waals surface area contributed by atoms with Crippen molar-refractivity contribution in [3.63, 3.8) is 0 Å². The monoisotopic (exact) mass is 242 g/mol. The number of hydrogen-bond acceptors (Lipinski definition) is 4. The lowest BCUT2D eigenvalue weighted by molar-refractivity contribution is -0.163. The first-order chi connectivity index (χ1) is 8.17.